The number of benzene rings is 2. The number of aliphatic hydroxyl groups excluding tert-OH is 1. The van der Waals surface area contributed by atoms with Crippen LogP contribution in [0.15, 0.2) is 59.7 Å². The van der Waals surface area contributed by atoms with E-state index in [1.54, 1.807) is 24.3 Å². The van der Waals surface area contributed by atoms with Crippen LogP contribution in [-0.2, 0) is 13.1 Å². The molecule has 0 bridgehead atoms. The minimum absolute atomic E-state index is 0.0911. The van der Waals surface area contributed by atoms with Crippen LogP contribution in [0.2, 0.25) is 5.02 Å². The number of rotatable bonds is 9. The number of nitrogens with zero attached hydrogens (tertiary/aromatic N) is 6. The van der Waals surface area contributed by atoms with Gasteiger partial charge in [-0.25, -0.2) is 19.1 Å². The monoisotopic (exact) mass is 563 g/mol. The molecular formula is C25H25ClF3N7O3. The zero-order chi connectivity index (χ0) is 28.3. The highest BCUT2D eigenvalue weighted by molar-refractivity contribution is 6.30. The molecule has 2 N–H and O–H groups in total. The third-order valence-electron chi connectivity index (χ3n) is 5.66. The lowest BCUT2D eigenvalue weighted by molar-refractivity contribution is -0.207. The van der Waals surface area contributed by atoms with Gasteiger partial charge in [0, 0.05) is 17.1 Å². The molecule has 4 rings (SSSR count). The van der Waals surface area contributed by atoms with Crippen LogP contribution in [0.5, 0.6) is 0 Å². The molecule has 14 heteroatoms. The van der Waals surface area contributed by atoms with Crippen LogP contribution in [0, 0.1) is 5.92 Å². The lowest BCUT2D eigenvalue weighted by atomic mass is 10.1. The van der Waals surface area contributed by atoms with Crippen molar-refractivity contribution in [1.29, 1.82) is 0 Å². The van der Waals surface area contributed by atoms with E-state index in [4.69, 9.17) is 11.6 Å². The Morgan fingerprint density at radius 2 is 1.79 bits per heavy atom. The summed E-state index contributed by atoms with van der Waals surface area (Å²) in [4.78, 5) is 30.0. The van der Waals surface area contributed by atoms with Crippen molar-refractivity contribution in [1.82, 2.24) is 34.4 Å². The van der Waals surface area contributed by atoms with E-state index in [1.807, 2.05) is 13.8 Å². The van der Waals surface area contributed by atoms with E-state index in [0.29, 0.717) is 28.4 Å². The van der Waals surface area contributed by atoms with Crippen LogP contribution in [0.1, 0.15) is 30.0 Å². The average molecular weight is 564 g/mol. The molecule has 206 valence electrons. The fourth-order valence-corrected chi connectivity index (χ4v) is 3.80. The normalized spacial score (nSPS) is 12.6. The summed E-state index contributed by atoms with van der Waals surface area (Å²) in [5.41, 5.74) is 0.241. The van der Waals surface area contributed by atoms with Crippen LogP contribution in [0.3, 0.4) is 0 Å². The third-order valence-corrected chi connectivity index (χ3v) is 5.91. The van der Waals surface area contributed by atoms with Gasteiger partial charge in [-0.15, -0.1) is 10.2 Å². The average Bonchev–Trinajstić information content (AvgIpc) is 3.47. The molecule has 0 radical (unpaired) electrons. The molecule has 1 amide bonds. The Morgan fingerprint density at radius 3 is 2.46 bits per heavy atom. The van der Waals surface area contributed by atoms with Crippen LogP contribution >= 0.6 is 11.6 Å². The van der Waals surface area contributed by atoms with Crippen molar-refractivity contribution < 1.29 is 23.1 Å². The minimum Gasteiger partial charge on any atom is -0.382 e. The number of halogens is 4. The van der Waals surface area contributed by atoms with Gasteiger partial charge in [0.1, 0.15) is 12.9 Å². The molecule has 0 aliphatic carbocycles. The van der Waals surface area contributed by atoms with E-state index in [9.17, 15) is 27.9 Å². The summed E-state index contributed by atoms with van der Waals surface area (Å²) in [6, 6.07) is 12.8. The van der Waals surface area contributed by atoms with Crippen LogP contribution in [-0.4, -0.2) is 59.0 Å². The third kappa shape index (κ3) is 6.55. The first-order chi connectivity index (χ1) is 18.4. The molecule has 2 aromatic carbocycles. The van der Waals surface area contributed by atoms with E-state index in [1.165, 1.54) is 35.3 Å². The fraction of sp³-hybridized carbons (Fsp3) is 0.320. The van der Waals surface area contributed by atoms with Crippen molar-refractivity contribution >= 4 is 17.5 Å². The lowest BCUT2D eigenvalue weighted by Gasteiger charge is -2.15. The zero-order valence-electron chi connectivity index (χ0n) is 20.9. The quantitative estimate of drug-likeness (QED) is 0.322. The second-order valence-electron chi connectivity index (χ2n) is 9.17. The minimum atomic E-state index is -4.94. The Bertz CT molecular complexity index is 1510. The molecule has 0 aliphatic rings. The summed E-state index contributed by atoms with van der Waals surface area (Å²) in [5, 5.41) is 21.4. The van der Waals surface area contributed by atoms with Gasteiger partial charge in [0.15, 0.2) is 17.8 Å². The number of para-hydroxylation sites is 1. The number of amides is 1. The van der Waals surface area contributed by atoms with Gasteiger partial charge in [-0.05, 0) is 42.3 Å². The molecule has 0 unspecified atom stereocenters. The predicted molar refractivity (Wildman–Crippen MR) is 137 cm³/mol. The molecule has 0 fully saturated rings. The van der Waals surface area contributed by atoms with Gasteiger partial charge in [-0.1, -0.05) is 37.6 Å². The number of carbonyl (C=O) groups excluding carboxylic acids is 1. The highest BCUT2D eigenvalue weighted by atomic mass is 35.5. The molecule has 0 saturated carbocycles. The number of hydrogen-bond acceptors (Lipinski definition) is 6. The van der Waals surface area contributed by atoms with Crippen molar-refractivity contribution in [2.24, 2.45) is 5.92 Å². The molecular weight excluding hydrogens is 539 g/mol. The summed E-state index contributed by atoms with van der Waals surface area (Å²) in [6.07, 6.45) is -6.36. The molecule has 10 nitrogen and oxygen atoms in total. The van der Waals surface area contributed by atoms with Gasteiger partial charge in [0.05, 0.1) is 17.8 Å². The van der Waals surface area contributed by atoms with Crippen molar-refractivity contribution in [3.63, 3.8) is 0 Å². The molecule has 0 saturated heterocycles. The van der Waals surface area contributed by atoms with Crippen LogP contribution in [0.25, 0.3) is 17.1 Å². The van der Waals surface area contributed by atoms with Crippen LogP contribution in [0.4, 0.5) is 13.2 Å². The number of carbonyl (C=O) groups is 1. The Balaban J connectivity index is 1.66. The van der Waals surface area contributed by atoms with E-state index in [2.05, 4.69) is 20.5 Å². The molecule has 39 heavy (non-hydrogen) atoms. The maximum Gasteiger partial charge on any atom is 0.416 e. The van der Waals surface area contributed by atoms with E-state index in [-0.39, 0.29) is 30.0 Å². The molecule has 1 atom stereocenters. The Hall–Kier alpha value is -3.97. The van der Waals surface area contributed by atoms with Gasteiger partial charge in [-0.2, -0.15) is 13.2 Å². The molecule has 4 aromatic rings. The number of hydrogen-bond donors (Lipinski definition) is 2. The van der Waals surface area contributed by atoms with E-state index >= 15 is 0 Å². The van der Waals surface area contributed by atoms with Crippen LogP contribution < -0.4 is 11.0 Å². The summed E-state index contributed by atoms with van der Waals surface area (Å²) >= 11 is 5.91. The number of aromatic nitrogens is 6. The predicted octanol–water partition coefficient (Wildman–Crippen LogP) is 3.30. The standard InChI is InChI=1S/C25H25ClF3N7O3/c1-15(2)11-30-23(38)18-5-3-4-6-19(18)36-14-31-21(32-36)13-35-24(39)34(12-20(37)25(27,28)29)22(33-35)16-7-9-17(26)10-8-16/h3-10,14-15,20,37H,11-13H2,1-2H3,(H,30,38)/t20-/m0/s1. The Morgan fingerprint density at radius 1 is 1.10 bits per heavy atom. The second-order valence-corrected chi connectivity index (χ2v) is 9.60. The number of alkyl halides is 3. The molecule has 0 spiro atoms. The molecule has 2 heterocycles. The first-order valence-electron chi connectivity index (χ1n) is 11.9. The van der Waals surface area contributed by atoms with E-state index in [0.717, 1.165) is 9.25 Å². The van der Waals surface area contributed by atoms with Crippen molar-refractivity contribution in [2.45, 2.75) is 39.2 Å². The Kier molecular flexibility index (Phi) is 8.21. The molecule has 0 aliphatic heterocycles. The summed E-state index contributed by atoms with van der Waals surface area (Å²) < 4.78 is 42.3. The SMILES string of the molecule is CC(C)CNC(=O)c1ccccc1-n1cnc(Cn2nc(-c3ccc(Cl)cc3)n(C[C@H](O)C(F)(F)F)c2=O)n1. The number of aliphatic hydroxyl groups is 1. The van der Waals surface area contributed by atoms with Gasteiger partial charge in [0.2, 0.25) is 0 Å². The van der Waals surface area contributed by atoms with Crippen molar-refractivity contribution in [3.8, 4) is 17.1 Å². The van der Waals surface area contributed by atoms with Crippen molar-refractivity contribution in [2.75, 3.05) is 6.54 Å². The van der Waals surface area contributed by atoms with Gasteiger partial charge in [-0.3, -0.25) is 9.36 Å². The second kappa shape index (κ2) is 11.4. The summed E-state index contributed by atoms with van der Waals surface area (Å²) in [5.74, 6) is -0.000844. The topological polar surface area (TPSA) is 120 Å². The van der Waals surface area contributed by atoms with Gasteiger partial charge in [0.25, 0.3) is 5.91 Å². The molecule has 2 aromatic heterocycles. The maximum atomic E-state index is 13.1. The number of nitrogens with one attached hydrogen (secondary N) is 1. The van der Waals surface area contributed by atoms with Crippen molar-refractivity contribution in [3.05, 3.63) is 81.8 Å². The maximum absolute atomic E-state index is 13.1. The van der Waals surface area contributed by atoms with Gasteiger partial charge >= 0.3 is 11.9 Å². The highest BCUT2D eigenvalue weighted by Gasteiger charge is 2.39. The highest BCUT2D eigenvalue weighted by Crippen LogP contribution is 2.24. The largest absolute Gasteiger partial charge is 0.416 e. The smallest absolute Gasteiger partial charge is 0.382 e. The fourth-order valence-electron chi connectivity index (χ4n) is 3.67. The summed E-state index contributed by atoms with van der Waals surface area (Å²) in [7, 11) is 0. The lowest BCUT2D eigenvalue weighted by Crippen LogP contribution is -2.37. The Labute approximate surface area is 225 Å². The van der Waals surface area contributed by atoms with E-state index < -0.39 is 24.5 Å². The first kappa shape index (κ1) is 28.0. The summed E-state index contributed by atoms with van der Waals surface area (Å²) in [6.45, 7) is 3.10. The van der Waals surface area contributed by atoms with Gasteiger partial charge < -0.3 is 10.4 Å². The zero-order valence-corrected chi connectivity index (χ0v) is 21.7. The first-order valence-corrected chi connectivity index (χ1v) is 12.3.